The number of aryl methyl sites for hydroxylation is 1. The van der Waals surface area contributed by atoms with E-state index in [4.69, 9.17) is 10.2 Å². The third-order valence-corrected chi connectivity index (χ3v) is 3.31. The number of nitrogens with two attached hydrogens (primary N) is 1. The Morgan fingerprint density at radius 2 is 1.95 bits per heavy atom. The van der Waals surface area contributed by atoms with Crippen molar-refractivity contribution in [3.63, 3.8) is 0 Å². The third-order valence-electron chi connectivity index (χ3n) is 3.31. The molecule has 106 valence electrons. The zero-order chi connectivity index (χ0) is 14.5. The summed E-state index contributed by atoms with van der Waals surface area (Å²) in [5.41, 5.74) is 7.58. The smallest absolute Gasteiger partial charge is 0.289 e. The van der Waals surface area contributed by atoms with Crippen LogP contribution in [0.15, 0.2) is 40.8 Å². The van der Waals surface area contributed by atoms with Crippen LogP contribution in [-0.2, 0) is 13.0 Å². The molecule has 4 nitrogen and oxygen atoms in total. The Morgan fingerprint density at radius 1 is 1.20 bits per heavy atom. The summed E-state index contributed by atoms with van der Waals surface area (Å²) in [5, 5.41) is 0. The lowest BCUT2D eigenvalue weighted by Gasteiger charge is -2.20. The molecule has 1 aromatic carbocycles. The van der Waals surface area contributed by atoms with Gasteiger partial charge in [-0.2, -0.15) is 0 Å². The number of amides is 1. The van der Waals surface area contributed by atoms with E-state index in [-0.39, 0.29) is 5.91 Å². The first-order chi connectivity index (χ1) is 9.65. The van der Waals surface area contributed by atoms with Gasteiger partial charge < -0.3 is 15.1 Å². The van der Waals surface area contributed by atoms with Crippen molar-refractivity contribution in [3.05, 3.63) is 53.5 Å². The Hall–Kier alpha value is -2.23. The van der Waals surface area contributed by atoms with Crippen LogP contribution >= 0.6 is 0 Å². The Balaban J connectivity index is 2.15. The molecule has 0 bridgehead atoms. The number of benzene rings is 1. The van der Waals surface area contributed by atoms with Gasteiger partial charge in [-0.25, -0.2) is 0 Å². The van der Waals surface area contributed by atoms with Crippen molar-refractivity contribution in [1.82, 2.24) is 4.90 Å². The molecular formula is C16H20N2O2. The molecular weight excluding hydrogens is 252 g/mol. The minimum atomic E-state index is -0.101. The molecule has 2 rings (SSSR count). The van der Waals surface area contributed by atoms with Crippen LogP contribution in [-0.4, -0.2) is 17.4 Å². The highest BCUT2D eigenvalue weighted by atomic mass is 16.4. The van der Waals surface area contributed by atoms with Gasteiger partial charge in [-0.3, -0.25) is 4.79 Å². The van der Waals surface area contributed by atoms with E-state index in [0.717, 1.165) is 17.7 Å². The number of nitrogen functional groups attached to an aromatic ring is 1. The van der Waals surface area contributed by atoms with Crippen LogP contribution in [0.1, 0.15) is 35.7 Å². The van der Waals surface area contributed by atoms with Crippen molar-refractivity contribution in [3.8, 4) is 0 Å². The monoisotopic (exact) mass is 272 g/mol. The third kappa shape index (κ3) is 3.02. The summed E-state index contributed by atoms with van der Waals surface area (Å²) >= 11 is 0. The normalized spacial score (nSPS) is 10.5. The summed E-state index contributed by atoms with van der Waals surface area (Å²) in [6.07, 6.45) is 0.783. The highest BCUT2D eigenvalue weighted by Gasteiger charge is 2.18. The Bertz CT molecular complexity index is 590. The van der Waals surface area contributed by atoms with Gasteiger partial charge in [0.15, 0.2) is 5.76 Å². The molecule has 1 aromatic heterocycles. The first-order valence-electron chi connectivity index (χ1n) is 6.87. The molecule has 4 heteroatoms. The van der Waals surface area contributed by atoms with E-state index in [1.54, 1.807) is 11.0 Å². The number of nitrogens with zero attached hydrogens (tertiary/aromatic N) is 1. The molecule has 0 saturated heterocycles. The van der Waals surface area contributed by atoms with Gasteiger partial charge in [-0.05, 0) is 30.7 Å². The fourth-order valence-electron chi connectivity index (χ4n) is 2.05. The van der Waals surface area contributed by atoms with Gasteiger partial charge in [0.05, 0.1) is 0 Å². The van der Waals surface area contributed by atoms with Crippen LogP contribution in [0.3, 0.4) is 0 Å². The molecule has 0 spiro atoms. The molecule has 2 N–H and O–H groups in total. The number of carbonyl (C=O) groups is 1. The maximum Gasteiger partial charge on any atom is 0.289 e. The molecule has 2 aromatic rings. The molecule has 1 amide bonds. The molecule has 0 fully saturated rings. The minimum Gasteiger partial charge on any atom is -0.456 e. The van der Waals surface area contributed by atoms with Crippen molar-refractivity contribution >= 4 is 11.6 Å². The maximum atomic E-state index is 12.4. The second kappa shape index (κ2) is 6.28. The predicted molar refractivity (Wildman–Crippen MR) is 79.4 cm³/mol. The van der Waals surface area contributed by atoms with Crippen LogP contribution in [0, 0.1) is 0 Å². The molecule has 0 atom stereocenters. The molecule has 0 aliphatic heterocycles. The van der Waals surface area contributed by atoms with Crippen LogP contribution in [0.4, 0.5) is 5.69 Å². The van der Waals surface area contributed by atoms with Gasteiger partial charge >= 0.3 is 0 Å². The van der Waals surface area contributed by atoms with Gasteiger partial charge in [-0.1, -0.05) is 25.1 Å². The van der Waals surface area contributed by atoms with E-state index in [2.05, 4.69) is 0 Å². The average Bonchev–Trinajstić information content (AvgIpc) is 2.94. The summed E-state index contributed by atoms with van der Waals surface area (Å²) in [7, 11) is 0. The summed E-state index contributed by atoms with van der Waals surface area (Å²) in [6, 6.07) is 11.2. The number of anilines is 1. The fraction of sp³-hybridized carbons (Fsp3) is 0.312. The largest absolute Gasteiger partial charge is 0.456 e. The van der Waals surface area contributed by atoms with Gasteiger partial charge in [0, 0.05) is 25.2 Å². The quantitative estimate of drug-likeness (QED) is 0.851. The number of para-hydroxylation sites is 1. The molecule has 1 heterocycles. The van der Waals surface area contributed by atoms with Crippen molar-refractivity contribution in [1.29, 1.82) is 0 Å². The van der Waals surface area contributed by atoms with Crippen molar-refractivity contribution < 1.29 is 9.21 Å². The zero-order valence-corrected chi connectivity index (χ0v) is 11.9. The van der Waals surface area contributed by atoms with Crippen LogP contribution in [0.5, 0.6) is 0 Å². The standard InChI is InChI=1S/C16H20N2O2/c1-3-13-9-10-15(20-13)16(19)18(4-2)11-12-7-5-6-8-14(12)17/h5-10H,3-4,11,17H2,1-2H3. The molecule has 0 saturated carbocycles. The van der Waals surface area contributed by atoms with E-state index < -0.39 is 0 Å². The van der Waals surface area contributed by atoms with Crippen molar-refractivity contribution in [2.45, 2.75) is 26.8 Å². The average molecular weight is 272 g/mol. The lowest BCUT2D eigenvalue weighted by atomic mass is 10.1. The molecule has 0 aliphatic rings. The van der Waals surface area contributed by atoms with E-state index >= 15 is 0 Å². The van der Waals surface area contributed by atoms with Gasteiger partial charge in [0.2, 0.25) is 0 Å². The summed E-state index contributed by atoms with van der Waals surface area (Å²) in [6.45, 7) is 5.04. The lowest BCUT2D eigenvalue weighted by Crippen LogP contribution is -2.30. The van der Waals surface area contributed by atoms with Crippen LogP contribution in [0.2, 0.25) is 0 Å². The van der Waals surface area contributed by atoms with Crippen LogP contribution in [0.25, 0.3) is 0 Å². The summed E-state index contributed by atoms with van der Waals surface area (Å²) < 4.78 is 5.52. The van der Waals surface area contributed by atoms with E-state index in [9.17, 15) is 4.79 Å². The van der Waals surface area contributed by atoms with E-state index in [1.807, 2.05) is 44.2 Å². The Morgan fingerprint density at radius 3 is 2.55 bits per heavy atom. The predicted octanol–water partition coefficient (Wildman–Crippen LogP) is 3.09. The number of hydrogen-bond acceptors (Lipinski definition) is 3. The van der Waals surface area contributed by atoms with E-state index in [0.29, 0.717) is 24.5 Å². The first-order valence-corrected chi connectivity index (χ1v) is 6.87. The maximum absolute atomic E-state index is 12.4. The Labute approximate surface area is 119 Å². The lowest BCUT2D eigenvalue weighted by molar-refractivity contribution is 0.0719. The number of rotatable bonds is 5. The fourth-order valence-corrected chi connectivity index (χ4v) is 2.05. The summed E-state index contributed by atoms with van der Waals surface area (Å²) in [5.74, 6) is 1.11. The minimum absolute atomic E-state index is 0.101. The molecule has 0 unspecified atom stereocenters. The van der Waals surface area contributed by atoms with Crippen molar-refractivity contribution in [2.24, 2.45) is 0 Å². The number of furan rings is 1. The second-order valence-corrected chi connectivity index (χ2v) is 4.64. The number of carbonyl (C=O) groups excluding carboxylic acids is 1. The highest BCUT2D eigenvalue weighted by Crippen LogP contribution is 2.17. The Kier molecular flexibility index (Phi) is 4.45. The molecule has 0 radical (unpaired) electrons. The first kappa shape index (κ1) is 14.2. The zero-order valence-electron chi connectivity index (χ0n) is 11.9. The molecule has 0 aliphatic carbocycles. The van der Waals surface area contributed by atoms with Gasteiger partial charge in [-0.15, -0.1) is 0 Å². The van der Waals surface area contributed by atoms with Crippen LogP contribution < -0.4 is 5.73 Å². The van der Waals surface area contributed by atoms with Gasteiger partial charge in [0.1, 0.15) is 5.76 Å². The number of hydrogen-bond donors (Lipinski definition) is 1. The highest BCUT2D eigenvalue weighted by molar-refractivity contribution is 5.91. The second-order valence-electron chi connectivity index (χ2n) is 4.64. The van der Waals surface area contributed by atoms with Crippen molar-refractivity contribution in [2.75, 3.05) is 12.3 Å². The SMILES string of the molecule is CCc1ccc(C(=O)N(CC)Cc2ccccc2N)o1. The van der Waals surface area contributed by atoms with Gasteiger partial charge in [0.25, 0.3) is 5.91 Å². The van der Waals surface area contributed by atoms with E-state index in [1.165, 1.54) is 0 Å². The topological polar surface area (TPSA) is 59.5 Å². The summed E-state index contributed by atoms with van der Waals surface area (Å²) in [4.78, 5) is 14.1. The molecule has 20 heavy (non-hydrogen) atoms.